The second-order valence-electron chi connectivity index (χ2n) is 4.44. The molecule has 0 aliphatic heterocycles. The van der Waals surface area contributed by atoms with Gasteiger partial charge in [-0.2, -0.15) is 0 Å². The fourth-order valence-electron chi connectivity index (χ4n) is 2.20. The van der Waals surface area contributed by atoms with Crippen molar-refractivity contribution in [3.63, 3.8) is 0 Å². The minimum absolute atomic E-state index is 0.189. The fraction of sp³-hybridized carbons (Fsp3) is 0.154. The summed E-state index contributed by atoms with van der Waals surface area (Å²) in [4.78, 5) is 6.27. The molecule has 0 atom stereocenters. The van der Waals surface area contributed by atoms with Crippen molar-refractivity contribution in [2.75, 3.05) is 0 Å². The van der Waals surface area contributed by atoms with Crippen LogP contribution in [0.4, 0.5) is 0 Å². The van der Waals surface area contributed by atoms with Gasteiger partial charge in [0.2, 0.25) is 5.88 Å². The molecule has 1 aromatic carbocycles. The molecule has 3 N–H and O–H groups in total. The van der Waals surface area contributed by atoms with Gasteiger partial charge >= 0.3 is 0 Å². The van der Waals surface area contributed by atoms with E-state index in [-0.39, 0.29) is 5.88 Å². The average Bonchev–Trinajstić information content (AvgIpc) is 2.90. The normalized spacial score (nSPS) is 11.3. The predicted octanol–water partition coefficient (Wildman–Crippen LogP) is 3.62. The Bertz CT molecular complexity index is 815. The maximum Gasteiger partial charge on any atom is 0.213 e. The topological polar surface area (TPSA) is 56.7 Å². The molecular weight excluding hydrogens is 326 g/mol. The number of benzene rings is 1. The summed E-state index contributed by atoms with van der Waals surface area (Å²) in [7, 11) is 1.74. The summed E-state index contributed by atoms with van der Waals surface area (Å²) >= 11 is 8.62. The number of rotatable bonds is 2. The van der Waals surface area contributed by atoms with Gasteiger partial charge in [-0.15, -0.1) is 0 Å². The van der Waals surface area contributed by atoms with Crippen LogP contribution in [-0.4, -0.2) is 19.6 Å². The predicted molar refractivity (Wildman–Crippen MR) is 81.1 cm³/mol. The number of aromatic hydroxyl groups is 1. The Morgan fingerprint density at radius 2 is 2.21 bits per heavy atom. The van der Waals surface area contributed by atoms with Crippen molar-refractivity contribution in [2.45, 2.75) is 6.42 Å². The molecule has 3 aromatic rings. The van der Waals surface area contributed by atoms with Crippen molar-refractivity contribution in [3.05, 3.63) is 44.9 Å². The molecular formula is C13H12BrN3OS. The lowest BCUT2D eigenvalue weighted by Crippen LogP contribution is -1.89. The Labute approximate surface area is 123 Å². The molecule has 3 rings (SSSR count). The highest BCUT2D eigenvalue weighted by molar-refractivity contribution is 9.10. The fourth-order valence-corrected chi connectivity index (χ4v) is 2.89. The van der Waals surface area contributed by atoms with Gasteiger partial charge in [-0.1, -0.05) is 12.1 Å². The van der Waals surface area contributed by atoms with Crippen LogP contribution in [0.15, 0.2) is 28.9 Å². The molecule has 0 aliphatic carbocycles. The highest BCUT2D eigenvalue weighted by Gasteiger charge is 2.12. The van der Waals surface area contributed by atoms with Crippen LogP contribution in [0.1, 0.15) is 11.3 Å². The number of aromatic nitrogens is 3. The first-order chi connectivity index (χ1) is 9.08. The molecule has 0 radical (unpaired) electrons. The van der Waals surface area contributed by atoms with Crippen molar-refractivity contribution in [3.8, 4) is 5.88 Å². The molecule has 0 fully saturated rings. The van der Waals surface area contributed by atoms with E-state index < -0.39 is 0 Å². The quantitative estimate of drug-likeness (QED) is 0.625. The summed E-state index contributed by atoms with van der Waals surface area (Å²) in [6.45, 7) is 0. The van der Waals surface area contributed by atoms with Crippen LogP contribution in [0.5, 0.6) is 5.88 Å². The molecule has 19 heavy (non-hydrogen) atoms. The van der Waals surface area contributed by atoms with E-state index in [0.29, 0.717) is 11.2 Å². The number of hydrogen-bond donors (Lipinski definition) is 3. The van der Waals surface area contributed by atoms with Gasteiger partial charge in [-0.3, -0.25) is 4.57 Å². The smallest absolute Gasteiger partial charge is 0.213 e. The molecule has 0 aliphatic rings. The SMILES string of the molecule is Cn1c(O)c(Cc2c[nH]c3c(Br)cccc23)[nH]c1=S. The van der Waals surface area contributed by atoms with Crippen LogP contribution in [-0.2, 0) is 13.5 Å². The standard InChI is InChI=1S/C13H12BrN3OS/c1-17-12(18)10(16-13(17)19)5-7-6-15-11-8(7)3-2-4-9(11)14/h2-4,6,15,18H,5H2,1H3,(H,16,19). The summed E-state index contributed by atoms with van der Waals surface area (Å²) in [5, 5.41) is 11.1. The van der Waals surface area contributed by atoms with Crippen LogP contribution in [0.3, 0.4) is 0 Å². The third-order valence-corrected chi connectivity index (χ3v) is 4.30. The van der Waals surface area contributed by atoms with Gasteiger partial charge in [-0.25, -0.2) is 0 Å². The third-order valence-electron chi connectivity index (χ3n) is 3.27. The van der Waals surface area contributed by atoms with Gasteiger partial charge in [0.1, 0.15) is 0 Å². The maximum absolute atomic E-state index is 9.99. The Morgan fingerprint density at radius 3 is 2.89 bits per heavy atom. The van der Waals surface area contributed by atoms with Crippen molar-refractivity contribution >= 4 is 39.1 Å². The van der Waals surface area contributed by atoms with Gasteiger partial charge in [0, 0.05) is 29.5 Å². The van der Waals surface area contributed by atoms with E-state index in [2.05, 4.69) is 32.0 Å². The van der Waals surface area contributed by atoms with Crippen LogP contribution < -0.4 is 0 Å². The number of H-pyrrole nitrogens is 2. The lowest BCUT2D eigenvalue weighted by atomic mass is 10.1. The van der Waals surface area contributed by atoms with Crippen molar-refractivity contribution in [1.82, 2.24) is 14.5 Å². The van der Waals surface area contributed by atoms with Gasteiger partial charge in [-0.05, 0) is 39.8 Å². The number of hydrogen-bond acceptors (Lipinski definition) is 2. The van der Waals surface area contributed by atoms with Crippen LogP contribution in [0.2, 0.25) is 0 Å². The van der Waals surface area contributed by atoms with Crippen molar-refractivity contribution in [2.24, 2.45) is 7.05 Å². The zero-order chi connectivity index (χ0) is 13.6. The molecule has 0 amide bonds. The molecule has 0 saturated heterocycles. The summed E-state index contributed by atoms with van der Waals surface area (Å²) in [5.41, 5.74) is 2.91. The minimum Gasteiger partial charge on any atom is -0.493 e. The number of fused-ring (bicyclic) bond motifs is 1. The Hall–Kier alpha value is -1.53. The largest absolute Gasteiger partial charge is 0.493 e. The van der Waals surface area contributed by atoms with E-state index >= 15 is 0 Å². The van der Waals surface area contributed by atoms with Gasteiger partial charge in [0.15, 0.2) is 4.77 Å². The van der Waals surface area contributed by atoms with E-state index in [1.54, 1.807) is 11.6 Å². The third kappa shape index (κ3) is 2.01. The number of imidazole rings is 1. The zero-order valence-corrected chi connectivity index (χ0v) is 12.6. The lowest BCUT2D eigenvalue weighted by Gasteiger charge is -2.00. The molecule has 0 saturated carbocycles. The number of halogens is 1. The van der Waals surface area contributed by atoms with Crippen molar-refractivity contribution in [1.29, 1.82) is 0 Å². The molecule has 0 spiro atoms. The summed E-state index contributed by atoms with van der Waals surface area (Å²) in [5.74, 6) is 0.189. The molecule has 0 unspecified atom stereocenters. The van der Waals surface area contributed by atoms with E-state index in [0.717, 1.165) is 26.6 Å². The Balaban J connectivity index is 2.09. The number of aromatic amines is 2. The minimum atomic E-state index is 0.189. The number of para-hydroxylation sites is 1. The maximum atomic E-state index is 9.99. The first-order valence-electron chi connectivity index (χ1n) is 5.79. The molecule has 2 heterocycles. The monoisotopic (exact) mass is 337 g/mol. The Morgan fingerprint density at radius 1 is 1.42 bits per heavy atom. The van der Waals surface area contributed by atoms with Crippen molar-refractivity contribution < 1.29 is 5.11 Å². The zero-order valence-electron chi connectivity index (χ0n) is 10.2. The van der Waals surface area contributed by atoms with Crippen LogP contribution in [0.25, 0.3) is 10.9 Å². The first-order valence-corrected chi connectivity index (χ1v) is 6.99. The number of nitrogens with one attached hydrogen (secondary N) is 2. The van der Waals surface area contributed by atoms with Gasteiger partial charge in [0.25, 0.3) is 0 Å². The second kappa shape index (κ2) is 4.54. The first kappa shape index (κ1) is 12.5. The summed E-state index contributed by atoms with van der Waals surface area (Å²) in [6, 6.07) is 6.05. The molecule has 4 nitrogen and oxygen atoms in total. The summed E-state index contributed by atoms with van der Waals surface area (Å²) < 4.78 is 3.12. The van der Waals surface area contributed by atoms with E-state index in [1.807, 2.05) is 18.3 Å². The van der Waals surface area contributed by atoms with Crippen LogP contribution in [0, 0.1) is 4.77 Å². The van der Waals surface area contributed by atoms with E-state index in [1.165, 1.54) is 0 Å². The highest BCUT2D eigenvalue weighted by atomic mass is 79.9. The van der Waals surface area contributed by atoms with E-state index in [9.17, 15) is 5.11 Å². The molecule has 98 valence electrons. The Kier molecular flexibility index (Phi) is 2.99. The van der Waals surface area contributed by atoms with Crippen LogP contribution >= 0.6 is 28.1 Å². The van der Waals surface area contributed by atoms with Gasteiger partial charge in [0.05, 0.1) is 11.2 Å². The molecule has 6 heteroatoms. The average molecular weight is 338 g/mol. The highest BCUT2D eigenvalue weighted by Crippen LogP contribution is 2.28. The van der Waals surface area contributed by atoms with E-state index in [4.69, 9.17) is 12.2 Å². The lowest BCUT2D eigenvalue weighted by molar-refractivity contribution is 0.426. The second-order valence-corrected chi connectivity index (χ2v) is 5.69. The number of nitrogens with zero attached hydrogens (tertiary/aromatic N) is 1. The van der Waals surface area contributed by atoms with Gasteiger partial charge < -0.3 is 15.1 Å². The molecule has 2 aromatic heterocycles. The molecule has 0 bridgehead atoms. The summed E-state index contributed by atoms with van der Waals surface area (Å²) in [6.07, 6.45) is 2.56.